The SMILES string of the molecule is O=C(c1ccc2nccnc2c1)c1c(F)c(F)cc(CCCNS(=O)O)c1Cl. The minimum Gasteiger partial charge on any atom is -0.294 e. The summed E-state index contributed by atoms with van der Waals surface area (Å²) in [6.07, 6.45) is 3.47. The summed E-state index contributed by atoms with van der Waals surface area (Å²) >= 11 is 4.04. The van der Waals surface area contributed by atoms with Crippen molar-refractivity contribution in [2.45, 2.75) is 12.8 Å². The van der Waals surface area contributed by atoms with Gasteiger partial charge in [-0.25, -0.2) is 17.7 Å². The van der Waals surface area contributed by atoms with Gasteiger partial charge in [-0.15, -0.1) is 0 Å². The molecule has 1 unspecified atom stereocenters. The van der Waals surface area contributed by atoms with Crippen molar-refractivity contribution in [1.29, 1.82) is 0 Å². The second-order valence-corrected chi connectivity index (χ2v) is 7.02. The zero-order chi connectivity index (χ0) is 20.3. The Morgan fingerprint density at radius 1 is 1.18 bits per heavy atom. The lowest BCUT2D eigenvalue weighted by molar-refractivity contribution is 0.103. The lowest BCUT2D eigenvalue weighted by atomic mass is 9.98. The Labute approximate surface area is 166 Å². The fraction of sp³-hybridized carbons (Fsp3) is 0.167. The molecular weight excluding hydrogens is 412 g/mol. The summed E-state index contributed by atoms with van der Waals surface area (Å²) in [5.41, 5.74) is 0.764. The number of aryl methyl sites for hydroxylation is 1. The second-order valence-electron chi connectivity index (χ2n) is 5.86. The van der Waals surface area contributed by atoms with Gasteiger partial charge in [-0.05, 0) is 42.7 Å². The molecular formula is C18H14ClF2N3O3S. The summed E-state index contributed by atoms with van der Waals surface area (Å²) < 4.78 is 50.0. The molecule has 0 bridgehead atoms. The van der Waals surface area contributed by atoms with E-state index in [9.17, 15) is 17.8 Å². The number of nitrogens with one attached hydrogen (secondary N) is 1. The number of carbonyl (C=O) groups excluding carboxylic acids is 1. The molecule has 3 rings (SSSR count). The lowest BCUT2D eigenvalue weighted by Gasteiger charge is -2.12. The normalized spacial score (nSPS) is 12.3. The highest BCUT2D eigenvalue weighted by Crippen LogP contribution is 2.30. The lowest BCUT2D eigenvalue weighted by Crippen LogP contribution is -2.18. The van der Waals surface area contributed by atoms with Crippen molar-refractivity contribution < 1.29 is 22.3 Å². The fourth-order valence-electron chi connectivity index (χ4n) is 2.72. The minimum absolute atomic E-state index is 0.0997. The monoisotopic (exact) mass is 425 g/mol. The number of carbonyl (C=O) groups is 1. The van der Waals surface area contributed by atoms with Crippen LogP contribution < -0.4 is 4.72 Å². The summed E-state index contributed by atoms with van der Waals surface area (Å²) in [5, 5.41) is -0.187. The van der Waals surface area contributed by atoms with Crippen molar-refractivity contribution in [3.8, 4) is 0 Å². The van der Waals surface area contributed by atoms with E-state index in [2.05, 4.69) is 14.7 Å². The molecule has 2 aromatic carbocycles. The number of hydrogen-bond acceptors (Lipinski definition) is 4. The zero-order valence-corrected chi connectivity index (χ0v) is 15.9. The quantitative estimate of drug-likeness (QED) is 0.262. The highest BCUT2D eigenvalue weighted by Gasteiger charge is 2.24. The molecule has 0 aliphatic rings. The Bertz CT molecular complexity index is 1080. The van der Waals surface area contributed by atoms with Crippen molar-refractivity contribution in [1.82, 2.24) is 14.7 Å². The van der Waals surface area contributed by atoms with E-state index in [0.717, 1.165) is 6.07 Å². The van der Waals surface area contributed by atoms with Gasteiger partial charge in [0.2, 0.25) is 11.3 Å². The highest BCUT2D eigenvalue weighted by atomic mass is 35.5. The number of rotatable bonds is 7. The fourth-order valence-corrected chi connectivity index (χ4v) is 3.36. The van der Waals surface area contributed by atoms with E-state index in [4.69, 9.17) is 16.2 Å². The summed E-state index contributed by atoms with van der Waals surface area (Å²) in [6.45, 7) is 0.158. The van der Waals surface area contributed by atoms with Crippen LogP contribution in [0.5, 0.6) is 0 Å². The maximum absolute atomic E-state index is 14.4. The molecule has 10 heteroatoms. The third kappa shape index (κ3) is 4.39. The van der Waals surface area contributed by atoms with Crippen LogP contribution in [0.3, 0.4) is 0 Å². The van der Waals surface area contributed by atoms with Gasteiger partial charge in [-0.2, -0.15) is 0 Å². The van der Waals surface area contributed by atoms with Gasteiger partial charge in [0.15, 0.2) is 17.4 Å². The maximum atomic E-state index is 14.4. The molecule has 0 radical (unpaired) electrons. The second kappa shape index (κ2) is 8.78. The topological polar surface area (TPSA) is 92.2 Å². The molecule has 1 heterocycles. The Kier molecular flexibility index (Phi) is 6.40. The Morgan fingerprint density at radius 2 is 1.89 bits per heavy atom. The van der Waals surface area contributed by atoms with Crippen LogP contribution in [0.15, 0.2) is 36.7 Å². The van der Waals surface area contributed by atoms with E-state index in [1.165, 1.54) is 24.5 Å². The van der Waals surface area contributed by atoms with Crippen molar-refractivity contribution in [2.24, 2.45) is 0 Å². The maximum Gasteiger partial charge on any atom is 0.231 e. The van der Waals surface area contributed by atoms with Crippen LogP contribution in [0.25, 0.3) is 11.0 Å². The third-order valence-electron chi connectivity index (χ3n) is 4.04. The standard InChI is InChI=1S/C18H14ClF2N3O3S/c19-16-10(2-1-5-24-28(26)27)8-12(20)17(21)15(16)18(25)11-3-4-13-14(9-11)23-7-6-22-13/h3-4,6-9,24H,1-2,5H2,(H,26,27). The molecule has 0 aliphatic carbocycles. The van der Waals surface area contributed by atoms with E-state index in [0.29, 0.717) is 17.5 Å². The first kappa shape index (κ1) is 20.4. The summed E-state index contributed by atoms with van der Waals surface area (Å²) in [4.78, 5) is 21.0. The number of halogens is 3. The van der Waals surface area contributed by atoms with Crippen LogP contribution in [0.1, 0.15) is 27.9 Å². The molecule has 0 aliphatic heterocycles. The van der Waals surface area contributed by atoms with Gasteiger partial charge in [0.25, 0.3) is 0 Å². The van der Waals surface area contributed by atoms with Crippen molar-refractivity contribution >= 4 is 39.7 Å². The van der Waals surface area contributed by atoms with Crippen LogP contribution in [-0.4, -0.2) is 31.1 Å². The molecule has 2 N–H and O–H groups in total. The molecule has 0 amide bonds. The molecule has 1 atom stereocenters. The van der Waals surface area contributed by atoms with E-state index in [1.54, 1.807) is 6.07 Å². The van der Waals surface area contributed by atoms with Gasteiger partial charge in [0.05, 0.1) is 21.6 Å². The summed E-state index contributed by atoms with van der Waals surface area (Å²) in [7, 11) is 0. The number of nitrogens with zero attached hydrogens (tertiary/aromatic N) is 2. The first-order chi connectivity index (χ1) is 13.4. The van der Waals surface area contributed by atoms with Crippen LogP contribution >= 0.6 is 11.6 Å². The van der Waals surface area contributed by atoms with Gasteiger partial charge >= 0.3 is 0 Å². The van der Waals surface area contributed by atoms with Crippen LogP contribution in [0.2, 0.25) is 5.02 Å². The average molecular weight is 426 g/mol. The first-order valence-corrected chi connectivity index (χ1v) is 9.63. The van der Waals surface area contributed by atoms with Crippen molar-refractivity contribution in [2.75, 3.05) is 6.54 Å². The number of aromatic nitrogens is 2. The van der Waals surface area contributed by atoms with Crippen molar-refractivity contribution in [3.63, 3.8) is 0 Å². The Morgan fingerprint density at radius 3 is 2.61 bits per heavy atom. The molecule has 28 heavy (non-hydrogen) atoms. The predicted octanol–water partition coefficient (Wildman–Crippen LogP) is 3.45. The van der Waals surface area contributed by atoms with E-state index in [1.807, 2.05) is 0 Å². The minimum atomic E-state index is -2.17. The van der Waals surface area contributed by atoms with Gasteiger partial charge in [0, 0.05) is 24.5 Å². The number of ketones is 1. The highest BCUT2D eigenvalue weighted by molar-refractivity contribution is 7.77. The summed E-state index contributed by atoms with van der Waals surface area (Å²) in [5.74, 6) is -3.29. The molecule has 0 saturated carbocycles. The van der Waals surface area contributed by atoms with Gasteiger partial charge in [0.1, 0.15) is 0 Å². The number of fused-ring (bicyclic) bond motifs is 1. The van der Waals surface area contributed by atoms with E-state index in [-0.39, 0.29) is 29.1 Å². The smallest absolute Gasteiger partial charge is 0.231 e. The third-order valence-corrected chi connectivity index (χ3v) is 4.92. The molecule has 0 spiro atoms. The van der Waals surface area contributed by atoms with E-state index < -0.39 is 34.2 Å². The Hall–Kier alpha value is -2.33. The van der Waals surface area contributed by atoms with Crippen LogP contribution in [-0.2, 0) is 17.7 Å². The van der Waals surface area contributed by atoms with Gasteiger partial charge in [-0.3, -0.25) is 19.3 Å². The largest absolute Gasteiger partial charge is 0.294 e. The molecule has 6 nitrogen and oxygen atoms in total. The average Bonchev–Trinajstić information content (AvgIpc) is 2.68. The van der Waals surface area contributed by atoms with Crippen LogP contribution in [0, 0.1) is 11.6 Å². The first-order valence-electron chi connectivity index (χ1n) is 8.14. The molecule has 0 saturated heterocycles. The molecule has 3 aromatic rings. The number of hydrogen-bond donors (Lipinski definition) is 2. The molecule has 146 valence electrons. The van der Waals surface area contributed by atoms with Crippen LogP contribution in [0.4, 0.5) is 8.78 Å². The Balaban J connectivity index is 1.94. The van der Waals surface area contributed by atoms with E-state index >= 15 is 0 Å². The summed E-state index contributed by atoms with van der Waals surface area (Å²) in [6, 6.07) is 5.37. The van der Waals surface area contributed by atoms with Crippen molar-refractivity contribution in [3.05, 3.63) is 70.0 Å². The molecule has 0 fully saturated rings. The van der Waals surface area contributed by atoms with Gasteiger partial charge < -0.3 is 0 Å². The molecule has 1 aromatic heterocycles. The zero-order valence-electron chi connectivity index (χ0n) is 14.3. The van der Waals surface area contributed by atoms with Gasteiger partial charge in [-0.1, -0.05) is 11.6 Å². The predicted molar refractivity (Wildman–Crippen MR) is 101 cm³/mol. The number of benzene rings is 2.